The number of nitrogens with two attached hydrogens (primary N) is 1. The first-order valence-electron chi connectivity index (χ1n) is 8.88. The van der Waals surface area contributed by atoms with Gasteiger partial charge in [-0.05, 0) is 35.4 Å². The van der Waals surface area contributed by atoms with E-state index in [1.54, 1.807) is 18.2 Å². The predicted molar refractivity (Wildman–Crippen MR) is 95.9 cm³/mol. The molecular weight excluding hydrogens is 334 g/mol. The van der Waals surface area contributed by atoms with Crippen LogP contribution in [0.5, 0.6) is 5.75 Å². The number of anilines is 1. The van der Waals surface area contributed by atoms with Gasteiger partial charge in [-0.2, -0.15) is 11.2 Å². The smallest absolute Gasteiger partial charge is 0.190 e. The third kappa shape index (κ3) is 4.10. The van der Waals surface area contributed by atoms with Crippen LogP contribution in [-0.4, -0.2) is 25.5 Å². The zero-order valence-corrected chi connectivity index (χ0v) is 15.6. The largest absolute Gasteiger partial charge is 0.381 e. The molecule has 1 aromatic carbocycles. The molecule has 1 saturated heterocycles. The Bertz CT molecular complexity index is 695. The molecule has 1 heterocycles. The van der Waals surface area contributed by atoms with Crippen LogP contribution >= 0.6 is 0 Å². The summed E-state index contributed by atoms with van der Waals surface area (Å²) in [4.78, 5) is 9.31. The molecule has 2 aliphatic rings. The monoisotopic (exact) mass is 361 g/mol. The van der Waals surface area contributed by atoms with Crippen LogP contribution in [0.4, 0.5) is 5.69 Å². The van der Waals surface area contributed by atoms with Crippen LogP contribution < -0.4 is 16.1 Å². The number of rotatable bonds is 5. The molecule has 1 spiro atoms. The molecule has 7 heteroatoms. The number of hydrogen-bond acceptors (Lipinski definition) is 7. The minimum Gasteiger partial charge on any atom is -0.381 e. The van der Waals surface area contributed by atoms with Gasteiger partial charge in [0.2, 0.25) is 0 Å². The maximum absolute atomic E-state index is 9.15. The number of hydrogen-bond donors (Lipinski definition) is 2. The van der Waals surface area contributed by atoms with Gasteiger partial charge in [0.25, 0.3) is 0 Å². The Kier molecular flexibility index (Phi) is 5.13. The molecule has 1 saturated carbocycles. The van der Waals surface area contributed by atoms with E-state index in [0.29, 0.717) is 36.8 Å². The minimum absolute atomic E-state index is 0.0461. The van der Waals surface area contributed by atoms with E-state index in [1.807, 2.05) is 0 Å². The van der Waals surface area contributed by atoms with Crippen molar-refractivity contribution in [3.8, 4) is 11.8 Å². The lowest BCUT2D eigenvalue weighted by Gasteiger charge is -2.50. The summed E-state index contributed by atoms with van der Waals surface area (Å²) in [6.45, 7) is 8.72. The van der Waals surface area contributed by atoms with E-state index in [4.69, 9.17) is 25.5 Å². The topological polar surface area (TPSA) is 98.8 Å². The van der Waals surface area contributed by atoms with E-state index in [2.05, 4.69) is 37.1 Å². The molecule has 1 atom stereocenters. The van der Waals surface area contributed by atoms with Crippen LogP contribution in [0, 0.1) is 22.2 Å². The Morgan fingerprint density at radius 1 is 1.19 bits per heavy atom. The molecule has 0 amide bonds. The van der Waals surface area contributed by atoms with Gasteiger partial charge in [-0.3, -0.25) is 0 Å². The highest BCUT2D eigenvalue weighted by Crippen LogP contribution is 2.53. The van der Waals surface area contributed by atoms with Crippen LogP contribution in [0.25, 0.3) is 0 Å². The molecule has 0 radical (unpaired) electrons. The summed E-state index contributed by atoms with van der Waals surface area (Å²) >= 11 is 0. The quantitative estimate of drug-likeness (QED) is 0.614. The van der Waals surface area contributed by atoms with Crippen molar-refractivity contribution in [1.29, 1.82) is 5.26 Å². The summed E-state index contributed by atoms with van der Waals surface area (Å²) in [6, 6.07) is 7.17. The molecule has 1 aliphatic heterocycles. The van der Waals surface area contributed by atoms with Gasteiger partial charge in [0.15, 0.2) is 11.5 Å². The average molecular weight is 361 g/mol. The highest BCUT2D eigenvalue weighted by Gasteiger charge is 2.52. The van der Waals surface area contributed by atoms with Gasteiger partial charge in [0.05, 0.1) is 30.5 Å². The Morgan fingerprint density at radius 2 is 1.92 bits per heavy atom. The van der Waals surface area contributed by atoms with Crippen LogP contribution in [0.2, 0.25) is 0 Å². The highest BCUT2D eigenvalue weighted by molar-refractivity contribution is 5.60. The van der Waals surface area contributed by atoms with Crippen molar-refractivity contribution in [3.63, 3.8) is 0 Å². The first kappa shape index (κ1) is 18.9. The average Bonchev–Trinajstić information content (AvgIpc) is 2.99. The molecule has 1 unspecified atom stereocenters. The van der Waals surface area contributed by atoms with Gasteiger partial charge < -0.3 is 19.7 Å². The predicted octanol–water partition coefficient (Wildman–Crippen LogP) is 3.11. The van der Waals surface area contributed by atoms with E-state index in [0.717, 1.165) is 19.3 Å². The van der Waals surface area contributed by atoms with E-state index in [-0.39, 0.29) is 10.8 Å². The maximum atomic E-state index is 9.15. The fraction of sp³-hybridized carbons (Fsp3) is 0.632. The number of benzene rings is 1. The van der Waals surface area contributed by atoms with Gasteiger partial charge in [0, 0.05) is 19.4 Å². The number of nitriles is 1. The Balaban J connectivity index is 1.78. The Labute approximate surface area is 154 Å². The number of nitrogens with zero attached hydrogens (tertiary/aromatic N) is 1. The van der Waals surface area contributed by atoms with Gasteiger partial charge in [0.1, 0.15) is 0 Å². The van der Waals surface area contributed by atoms with Crippen molar-refractivity contribution in [2.75, 3.05) is 25.1 Å². The zero-order valence-electron chi connectivity index (χ0n) is 15.6. The van der Waals surface area contributed by atoms with E-state index < -0.39 is 5.79 Å². The highest BCUT2D eigenvalue weighted by atomic mass is 17.3. The van der Waals surface area contributed by atoms with Crippen LogP contribution in [0.3, 0.4) is 0 Å². The molecule has 3 N–H and O–H groups in total. The van der Waals surface area contributed by atoms with Gasteiger partial charge in [-0.25, -0.2) is 0 Å². The van der Waals surface area contributed by atoms with Crippen molar-refractivity contribution < 1.29 is 19.3 Å². The van der Waals surface area contributed by atoms with Crippen LogP contribution in [0.15, 0.2) is 18.2 Å². The zero-order chi connectivity index (χ0) is 18.8. The van der Waals surface area contributed by atoms with Crippen LogP contribution in [-0.2, 0) is 14.5 Å². The van der Waals surface area contributed by atoms with Gasteiger partial charge in [-0.15, -0.1) is 0 Å². The van der Waals surface area contributed by atoms with Crippen molar-refractivity contribution in [2.45, 2.75) is 45.8 Å². The Morgan fingerprint density at radius 3 is 2.58 bits per heavy atom. The third-order valence-corrected chi connectivity index (χ3v) is 5.12. The lowest BCUT2D eigenvalue weighted by Crippen LogP contribution is -2.50. The van der Waals surface area contributed by atoms with Crippen molar-refractivity contribution >= 4 is 5.69 Å². The lowest BCUT2D eigenvalue weighted by atomic mass is 9.62. The summed E-state index contributed by atoms with van der Waals surface area (Å²) in [5.41, 5.74) is 1.26. The Hall–Kier alpha value is -1.85. The number of nitrogens with one attached hydrogen (secondary N) is 1. The fourth-order valence-corrected chi connectivity index (χ4v) is 4.72. The summed E-state index contributed by atoms with van der Waals surface area (Å²) in [6.07, 6.45) is 2.75. The first-order chi connectivity index (χ1) is 12.3. The SMILES string of the molecule is CC1(C)CC(C)(CNc2cc(C#N)ccc2OON)CC2(C1)OCCO2. The molecule has 142 valence electrons. The molecule has 0 aromatic heterocycles. The molecule has 1 aliphatic carbocycles. The molecule has 7 nitrogen and oxygen atoms in total. The van der Waals surface area contributed by atoms with Crippen molar-refractivity contribution in [3.05, 3.63) is 23.8 Å². The normalized spacial score (nSPS) is 26.4. The number of ether oxygens (including phenoxy) is 2. The third-order valence-electron chi connectivity index (χ3n) is 5.12. The fourth-order valence-electron chi connectivity index (χ4n) is 4.72. The summed E-state index contributed by atoms with van der Waals surface area (Å²) in [5.74, 6) is 4.98. The molecule has 2 fully saturated rings. The van der Waals surface area contributed by atoms with Crippen LogP contribution in [0.1, 0.15) is 45.6 Å². The van der Waals surface area contributed by atoms with E-state index in [9.17, 15) is 0 Å². The molecular formula is C19H27N3O4. The van der Waals surface area contributed by atoms with Crippen molar-refractivity contribution in [2.24, 2.45) is 16.7 Å². The lowest BCUT2D eigenvalue weighted by molar-refractivity contribution is -0.222. The van der Waals surface area contributed by atoms with Gasteiger partial charge >= 0.3 is 0 Å². The molecule has 1 aromatic rings. The van der Waals surface area contributed by atoms with Gasteiger partial charge in [-0.1, -0.05) is 25.8 Å². The van der Waals surface area contributed by atoms with E-state index in [1.165, 1.54) is 0 Å². The summed E-state index contributed by atoms with van der Waals surface area (Å²) in [5, 5.41) is 12.6. The second kappa shape index (κ2) is 7.05. The van der Waals surface area contributed by atoms with E-state index >= 15 is 0 Å². The second-order valence-corrected chi connectivity index (χ2v) is 8.47. The standard InChI is InChI=1S/C19H27N3O4/c1-17(2)10-18(3,12-19(11-17)23-6-7-24-19)13-22-15-8-14(9-20)4-5-16(15)25-26-21/h4-5,8,22H,6-7,10-13,21H2,1-3H3. The second-order valence-electron chi connectivity index (χ2n) is 8.47. The van der Waals surface area contributed by atoms with Crippen molar-refractivity contribution in [1.82, 2.24) is 0 Å². The molecule has 0 bridgehead atoms. The first-order valence-corrected chi connectivity index (χ1v) is 8.88. The maximum Gasteiger partial charge on any atom is 0.190 e. The summed E-state index contributed by atoms with van der Waals surface area (Å²) in [7, 11) is 0. The molecule has 3 rings (SSSR count). The summed E-state index contributed by atoms with van der Waals surface area (Å²) < 4.78 is 12.0. The minimum atomic E-state index is -0.494. The molecule has 26 heavy (non-hydrogen) atoms.